The molecule has 1 aromatic heterocycles. The first kappa shape index (κ1) is 20.7. The molecule has 0 aliphatic rings. The van der Waals surface area contributed by atoms with Crippen LogP contribution in [0.3, 0.4) is 0 Å². The molecule has 1 heterocycles. The van der Waals surface area contributed by atoms with Gasteiger partial charge in [0, 0.05) is 17.4 Å². The first-order valence-electron chi connectivity index (χ1n) is 9.03. The minimum Gasteiger partial charge on any atom is -0.469 e. The molecule has 0 fully saturated rings. The Hall–Kier alpha value is -3.00. The van der Waals surface area contributed by atoms with E-state index in [9.17, 15) is 14.4 Å². The van der Waals surface area contributed by atoms with Gasteiger partial charge in [0.1, 0.15) is 0 Å². The Morgan fingerprint density at radius 3 is 2.76 bits per heavy atom. The third-order valence-electron chi connectivity index (χ3n) is 4.50. The van der Waals surface area contributed by atoms with Crippen LogP contribution in [0, 0.1) is 0 Å². The summed E-state index contributed by atoms with van der Waals surface area (Å²) in [6, 6.07) is 13.9. The van der Waals surface area contributed by atoms with E-state index >= 15 is 0 Å². The van der Waals surface area contributed by atoms with Crippen molar-refractivity contribution in [1.82, 2.24) is 14.9 Å². The average molecular weight is 458 g/mol. The molecular formula is C21H20BrN3O4. The number of halogens is 1. The lowest BCUT2D eigenvalue weighted by Gasteiger charge is -2.19. The molecule has 3 aromatic rings. The number of nitrogens with one attached hydrogen (secondary N) is 1. The van der Waals surface area contributed by atoms with Crippen LogP contribution in [0.4, 0.5) is 0 Å². The van der Waals surface area contributed by atoms with E-state index in [4.69, 9.17) is 4.74 Å². The predicted molar refractivity (Wildman–Crippen MR) is 112 cm³/mol. The van der Waals surface area contributed by atoms with Crippen molar-refractivity contribution in [3.8, 4) is 0 Å². The number of fused-ring (bicyclic) bond motifs is 1. The molecule has 0 bridgehead atoms. The number of aryl methyl sites for hydroxylation is 1. The van der Waals surface area contributed by atoms with Crippen LogP contribution in [-0.2, 0) is 20.9 Å². The van der Waals surface area contributed by atoms with Gasteiger partial charge in [-0.3, -0.25) is 19.0 Å². The number of nitrogens with zero attached hydrogens (tertiary/aromatic N) is 2. The van der Waals surface area contributed by atoms with E-state index in [0.29, 0.717) is 10.9 Å². The van der Waals surface area contributed by atoms with Crippen molar-refractivity contribution < 1.29 is 14.3 Å². The Bertz CT molecular complexity index is 1100. The maximum absolute atomic E-state index is 12.5. The van der Waals surface area contributed by atoms with Crippen molar-refractivity contribution in [3.05, 3.63) is 75.2 Å². The summed E-state index contributed by atoms with van der Waals surface area (Å²) in [5.41, 5.74) is 1.20. The fourth-order valence-electron chi connectivity index (χ4n) is 2.98. The number of hydrogen-bond acceptors (Lipinski definition) is 5. The normalized spacial score (nSPS) is 11.8. The number of carbonyl (C=O) groups is 2. The van der Waals surface area contributed by atoms with Gasteiger partial charge in [-0.1, -0.05) is 40.2 Å². The summed E-state index contributed by atoms with van der Waals surface area (Å²) >= 11 is 3.40. The van der Waals surface area contributed by atoms with E-state index in [-0.39, 0.29) is 30.9 Å². The number of para-hydroxylation sites is 1. The molecule has 1 unspecified atom stereocenters. The molecule has 0 radical (unpaired) electrons. The first-order chi connectivity index (χ1) is 14.0. The molecule has 1 amide bonds. The Morgan fingerprint density at radius 2 is 2.00 bits per heavy atom. The zero-order valence-electron chi connectivity index (χ0n) is 15.8. The molecule has 150 valence electrons. The number of esters is 1. The highest BCUT2D eigenvalue weighted by Crippen LogP contribution is 2.21. The van der Waals surface area contributed by atoms with E-state index in [1.54, 1.807) is 18.2 Å². The molecule has 3 rings (SSSR count). The minimum atomic E-state index is -0.529. The summed E-state index contributed by atoms with van der Waals surface area (Å²) in [7, 11) is 1.31. The maximum atomic E-state index is 12.5. The molecule has 0 spiro atoms. The Labute approximate surface area is 175 Å². The Morgan fingerprint density at radius 1 is 1.21 bits per heavy atom. The lowest BCUT2D eigenvalue weighted by Crippen LogP contribution is -2.32. The van der Waals surface area contributed by atoms with Crippen molar-refractivity contribution in [3.63, 3.8) is 0 Å². The van der Waals surface area contributed by atoms with Gasteiger partial charge < -0.3 is 10.1 Å². The Balaban J connectivity index is 1.71. The highest BCUT2D eigenvalue weighted by Gasteiger charge is 2.19. The summed E-state index contributed by atoms with van der Waals surface area (Å²) in [5, 5.41) is 3.36. The van der Waals surface area contributed by atoms with Crippen LogP contribution in [0.2, 0.25) is 0 Å². The van der Waals surface area contributed by atoms with Crippen molar-refractivity contribution in [2.24, 2.45) is 0 Å². The van der Waals surface area contributed by atoms with Gasteiger partial charge in [-0.15, -0.1) is 0 Å². The van der Waals surface area contributed by atoms with Crippen LogP contribution in [0.5, 0.6) is 0 Å². The molecule has 0 saturated carbocycles. The zero-order chi connectivity index (χ0) is 20.8. The molecule has 29 heavy (non-hydrogen) atoms. The van der Waals surface area contributed by atoms with Crippen molar-refractivity contribution in [1.29, 1.82) is 0 Å². The molecule has 2 aromatic carbocycles. The lowest BCUT2D eigenvalue weighted by atomic mass is 10.0. The largest absolute Gasteiger partial charge is 0.469 e. The zero-order valence-corrected chi connectivity index (χ0v) is 17.4. The summed E-state index contributed by atoms with van der Waals surface area (Å²) in [5.74, 6) is -0.704. The highest BCUT2D eigenvalue weighted by molar-refractivity contribution is 9.10. The third kappa shape index (κ3) is 5.29. The monoisotopic (exact) mass is 457 g/mol. The van der Waals surface area contributed by atoms with Gasteiger partial charge in [-0.2, -0.15) is 0 Å². The number of amides is 1. The molecule has 0 aliphatic carbocycles. The number of aromatic nitrogens is 2. The van der Waals surface area contributed by atoms with Gasteiger partial charge in [-0.05, 0) is 29.8 Å². The SMILES string of the molecule is COC(=O)CC(NC(=O)CCn1cnc2ccccc2c1=O)c1cccc(Br)c1. The van der Waals surface area contributed by atoms with E-state index in [0.717, 1.165) is 10.0 Å². The molecule has 1 atom stereocenters. The number of carbonyl (C=O) groups excluding carboxylic acids is 2. The molecule has 0 aliphatic heterocycles. The van der Waals surface area contributed by atoms with Crippen molar-refractivity contribution in [2.75, 3.05) is 7.11 Å². The number of benzene rings is 2. The van der Waals surface area contributed by atoms with E-state index in [1.807, 2.05) is 30.3 Å². The van der Waals surface area contributed by atoms with Gasteiger partial charge in [0.2, 0.25) is 5.91 Å². The highest BCUT2D eigenvalue weighted by atomic mass is 79.9. The van der Waals surface area contributed by atoms with E-state index < -0.39 is 12.0 Å². The van der Waals surface area contributed by atoms with Crippen LogP contribution >= 0.6 is 15.9 Å². The molecule has 7 nitrogen and oxygen atoms in total. The summed E-state index contributed by atoms with van der Waals surface area (Å²) < 4.78 is 7.00. The van der Waals surface area contributed by atoms with Gasteiger partial charge >= 0.3 is 5.97 Å². The fraction of sp³-hybridized carbons (Fsp3) is 0.238. The second-order valence-electron chi connectivity index (χ2n) is 6.47. The third-order valence-corrected chi connectivity index (χ3v) is 4.99. The lowest BCUT2D eigenvalue weighted by molar-refractivity contribution is -0.141. The second-order valence-corrected chi connectivity index (χ2v) is 7.38. The molecule has 1 N–H and O–H groups in total. The fourth-order valence-corrected chi connectivity index (χ4v) is 3.40. The van der Waals surface area contributed by atoms with Crippen LogP contribution in [0.25, 0.3) is 10.9 Å². The topological polar surface area (TPSA) is 90.3 Å². The first-order valence-corrected chi connectivity index (χ1v) is 9.83. The summed E-state index contributed by atoms with van der Waals surface area (Å²) in [6.45, 7) is 0.186. The Kier molecular flexibility index (Phi) is 6.77. The van der Waals surface area contributed by atoms with Crippen LogP contribution in [-0.4, -0.2) is 28.5 Å². The maximum Gasteiger partial charge on any atom is 0.307 e. The van der Waals surface area contributed by atoms with Crippen LogP contribution in [0.1, 0.15) is 24.4 Å². The van der Waals surface area contributed by atoms with Gasteiger partial charge in [0.15, 0.2) is 0 Å². The number of methoxy groups -OCH3 is 1. The molecule has 8 heteroatoms. The van der Waals surface area contributed by atoms with Gasteiger partial charge in [-0.25, -0.2) is 4.98 Å². The van der Waals surface area contributed by atoms with E-state index in [2.05, 4.69) is 26.2 Å². The number of rotatable bonds is 7. The minimum absolute atomic E-state index is 0.0101. The van der Waals surface area contributed by atoms with Crippen LogP contribution in [0.15, 0.2) is 64.1 Å². The van der Waals surface area contributed by atoms with Crippen molar-refractivity contribution in [2.45, 2.75) is 25.4 Å². The summed E-state index contributed by atoms with van der Waals surface area (Å²) in [6.07, 6.45) is 1.53. The number of hydrogen-bond donors (Lipinski definition) is 1. The molecule has 0 saturated heterocycles. The van der Waals surface area contributed by atoms with Crippen molar-refractivity contribution >= 4 is 38.7 Å². The second kappa shape index (κ2) is 9.47. The van der Waals surface area contributed by atoms with Gasteiger partial charge in [0.25, 0.3) is 5.56 Å². The van der Waals surface area contributed by atoms with Crippen LogP contribution < -0.4 is 10.9 Å². The quantitative estimate of drug-likeness (QED) is 0.550. The smallest absolute Gasteiger partial charge is 0.307 e. The average Bonchev–Trinajstić information content (AvgIpc) is 2.73. The molecular weight excluding hydrogens is 438 g/mol. The van der Waals surface area contributed by atoms with Gasteiger partial charge in [0.05, 0.1) is 36.8 Å². The predicted octanol–water partition coefficient (Wildman–Crippen LogP) is 2.97. The number of ether oxygens (including phenoxy) is 1. The standard InChI is InChI=1S/C21H20BrN3O4/c1-29-20(27)12-18(14-5-4-6-15(22)11-14)24-19(26)9-10-25-13-23-17-8-3-2-7-16(17)21(25)28/h2-8,11,13,18H,9-10,12H2,1H3,(H,24,26). The summed E-state index contributed by atoms with van der Waals surface area (Å²) in [4.78, 5) is 41.1. The van der Waals surface area contributed by atoms with E-state index in [1.165, 1.54) is 18.0 Å².